The number of nitrogens with one attached hydrogen (secondary N) is 2. The Hall–Kier alpha value is -3.36. The number of anilines is 3. The number of halogens is 3. The fourth-order valence-electron chi connectivity index (χ4n) is 2.67. The minimum absolute atomic E-state index is 0.169. The number of hydrogen-bond donors (Lipinski definition) is 2. The van der Waals surface area contributed by atoms with Gasteiger partial charge in [0.2, 0.25) is 5.95 Å². The first-order valence-electron chi connectivity index (χ1n) is 9.43. The predicted octanol–water partition coefficient (Wildman–Crippen LogP) is 5.70. The van der Waals surface area contributed by atoms with Crippen molar-refractivity contribution in [1.82, 2.24) is 15.0 Å². The van der Waals surface area contributed by atoms with Crippen LogP contribution in [0.1, 0.15) is 25.8 Å². The molecule has 30 heavy (non-hydrogen) atoms. The Balaban J connectivity index is 1.92. The lowest BCUT2D eigenvalue weighted by Gasteiger charge is -2.16. The smallest absolute Gasteiger partial charge is 0.406 e. The molecule has 3 aromatic rings. The van der Waals surface area contributed by atoms with Crippen LogP contribution in [0.2, 0.25) is 0 Å². The van der Waals surface area contributed by atoms with Gasteiger partial charge in [-0.25, -0.2) is 4.98 Å². The fraction of sp³-hybridized carbons (Fsp3) is 0.286. The van der Waals surface area contributed by atoms with Gasteiger partial charge in [0.05, 0.1) is 5.69 Å². The van der Waals surface area contributed by atoms with E-state index < -0.39 is 6.36 Å². The summed E-state index contributed by atoms with van der Waals surface area (Å²) < 4.78 is 41.3. The molecule has 0 bridgehead atoms. The van der Waals surface area contributed by atoms with Crippen LogP contribution in [0, 0.1) is 6.92 Å². The molecule has 0 aliphatic carbocycles. The molecule has 6 nitrogen and oxygen atoms in total. The summed E-state index contributed by atoms with van der Waals surface area (Å²) >= 11 is 0. The van der Waals surface area contributed by atoms with E-state index >= 15 is 0 Å². The fourth-order valence-corrected chi connectivity index (χ4v) is 2.67. The van der Waals surface area contributed by atoms with E-state index in [1.54, 1.807) is 25.4 Å². The van der Waals surface area contributed by atoms with E-state index in [9.17, 15) is 13.2 Å². The van der Waals surface area contributed by atoms with Gasteiger partial charge in [-0.1, -0.05) is 6.92 Å². The Kier molecular flexibility index (Phi) is 6.39. The number of aryl methyl sites for hydroxylation is 1. The first-order valence-corrected chi connectivity index (χ1v) is 9.43. The predicted molar refractivity (Wildman–Crippen MR) is 110 cm³/mol. The molecule has 2 heterocycles. The molecule has 0 radical (unpaired) electrons. The van der Waals surface area contributed by atoms with E-state index in [1.165, 1.54) is 18.2 Å². The molecule has 0 fully saturated rings. The number of ether oxygens (including phenoxy) is 1. The molecular weight excluding hydrogens is 395 g/mol. The lowest BCUT2D eigenvalue weighted by atomic mass is 10.1. The SMILES string of the molecule is CC[C@H](C)Nc1nc(Nc2ccc(OC(F)(F)F)cc2C)cc(-c2cccnc2)n1. The quantitative estimate of drug-likeness (QED) is 0.514. The molecule has 1 atom stereocenters. The molecule has 3 rings (SSSR count). The largest absolute Gasteiger partial charge is 0.573 e. The van der Waals surface area contributed by atoms with E-state index in [1.807, 2.05) is 19.1 Å². The Morgan fingerprint density at radius 2 is 1.93 bits per heavy atom. The minimum Gasteiger partial charge on any atom is -0.406 e. The molecule has 0 saturated heterocycles. The van der Waals surface area contributed by atoms with E-state index in [4.69, 9.17) is 0 Å². The average molecular weight is 417 g/mol. The number of rotatable bonds is 7. The van der Waals surface area contributed by atoms with Gasteiger partial charge in [-0.15, -0.1) is 13.2 Å². The Morgan fingerprint density at radius 3 is 2.57 bits per heavy atom. The van der Waals surface area contributed by atoms with Crippen molar-refractivity contribution in [2.75, 3.05) is 10.6 Å². The minimum atomic E-state index is -4.73. The van der Waals surface area contributed by atoms with Gasteiger partial charge in [0.1, 0.15) is 11.6 Å². The van der Waals surface area contributed by atoms with Gasteiger partial charge in [-0.2, -0.15) is 4.98 Å². The zero-order valence-corrected chi connectivity index (χ0v) is 16.8. The van der Waals surface area contributed by atoms with Crippen molar-refractivity contribution >= 4 is 17.5 Å². The summed E-state index contributed by atoms with van der Waals surface area (Å²) in [5.41, 5.74) is 2.67. The summed E-state index contributed by atoms with van der Waals surface area (Å²) in [6.07, 6.45) is -0.462. The summed E-state index contributed by atoms with van der Waals surface area (Å²) in [6, 6.07) is 9.73. The number of hydrogen-bond acceptors (Lipinski definition) is 6. The van der Waals surface area contributed by atoms with E-state index in [-0.39, 0.29) is 11.8 Å². The second-order valence-electron chi connectivity index (χ2n) is 6.81. The number of nitrogens with zero attached hydrogens (tertiary/aromatic N) is 3. The van der Waals surface area contributed by atoms with Crippen molar-refractivity contribution in [3.8, 4) is 17.0 Å². The van der Waals surface area contributed by atoms with Crippen molar-refractivity contribution in [3.05, 3.63) is 54.4 Å². The molecule has 158 valence electrons. The maximum atomic E-state index is 12.4. The monoisotopic (exact) mass is 417 g/mol. The van der Waals surface area contributed by atoms with E-state index in [0.717, 1.165) is 12.0 Å². The van der Waals surface area contributed by atoms with Crippen molar-refractivity contribution < 1.29 is 17.9 Å². The summed E-state index contributed by atoms with van der Waals surface area (Å²) in [5.74, 6) is 0.675. The highest BCUT2D eigenvalue weighted by atomic mass is 19.4. The average Bonchev–Trinajstić information content (AvgIpc) is 2.69. The molecule has 9 heteroatoms. The van der Waals surface area contributed by atoms with Crippen molar-refractivity contribution in [2.24, 2.45) is 0 Å². The highest BCUT2D eigenvalue weighted by Crippen LogP contribution is 2.29. The molecule has 0 amide bonds. The van der Waals surface area contributed by atoms with Gasteiger partial charge in [0, 0.05) is 35.8 Å². The van der Waals surface area contributed by atoms with Crippen LogP contribution < -0.4 is 15.4 Å². The lowest BCUT2D eigenvalue weighted by Crippen LogP contribution is -2.17. The first kappa shape index (κ1) is 21.4. The van der Waals surface area contributed by atoms with Crippen LogP contribution in [0.3, 0.4) is 0 Å². The highest BCUT2D eigenvalue weighted by Gasteiger charge is 2.31. The topological polar surface area (TPSA) is 72.0 Å². The van der Waals surface area contributed by atoms with Gasteiger partial charge in [-0.05, 0) is 56.2 Å². The Morgan fingerprint density at radius 1 is 1.13 bits per heavy atom. The van der Waals surface area contributed by atoms with E-state index in [2.05, 4.69) is 37.2 Å². The van der Waals surface area contributed by atoms with Gasteiger partial charge in [0.25, 0.3) is 0 Å². The summed E-state index contributed by atoms with van der Waals surface area (Å²) in [6.45, 7) is 5.76. The molecule has 0 aliphatic heterocycles. The third kappa shape index (κ3) is 5.82. The van der Waals surface area contributed by atoms with Crippen LogP contribution in [0.4, 0.5) is 30.6 Å². The number of aromatic nitrogens is 3. The van der Waals surface area contributed by atoms with Crippen molar-refractivity contribution in [2.45, 2.75) is 39.6 Å². The van der Waals surface area contributed by atoms with Gasteiger partial charge >= 0.3 is 6.36 Å². The molecule has 0 saturated carbocycles. The van der Waals surface area contributed by atoms with Crippen molar-refractivity contribution in [1.29, 1.82) is 0 Å². The van der Waals surface area contributed by atoms with Crippen LogP contribution in [-0.4, -0.2) is 27.4 Å². The summed E-state index contributed by atoms with van der Waals surface area (Å²) in [4.78, 5) is 13.2. The van der Waals surface area contributed by atoms with Crippen molar-refractivity contribution in [3.63, 3.8) is 0 Å². The zero-order valence-electron chi connectivity index (χ0n) is 16.8. The second-order valence-corrected chi connectivity index (χ2v) is 6.81. The number of benzene rings is 1. The molecular formula is C21H22F3N5O. The maximum absolute atomic E-state index is 12.4. The normalized spacial score (nSPS) is 12.3. The van der Waals surface area contributed by atoms with Gasteiger partial charge in [0.15, 0.2) is 0 Å². The summed E-state index contributed by atoms with van der Waals surface area (Å²) in [7, 11) is 0. The standard InChI is InChI=1S/C21H22F3N5O/c1-4-14(3)26-20-28-18(15-6-5-9-25-12-15)11-19(29-20)27-17-8-7-16(10-13(17)2)30-21(22,23)24/h5-12,14H,4H2,1-3H3,(H2,26,27,28,29)/t14-/m0/s1. The molecule has 0 aliphatic rings. The zero-order chi connectivity index (χ0) is 21.7. The third-order valence-electron chi connectivity index (χ3n) is 4.37. The molecule has 1 aromatic carbocycles. The molecule has 2 N–H and O–H groups in total. The Labute approximate surface area is 172 Å². The van der Waals surface area contributed by atoms with Crippen LogP contribution in [-0.2, 0) is 0 Å². The lowest BCUT2D eigenvalue weighted by molar-refractivity contribution is -0.274. The van der Waals surface area contributed by atoms with Crippen LogP contribution in [0.5, 0.6) is 5.75 Å². The molecule has 2 aromatic heterocycles. The van der Waals surface area contributed by atoms with Crippen LogP contribution in [0.15, 0.2) is 48.8 Å². The van der Waals surface area contributed by atoms with E-state index in [0.29, 0.717) is 28.7 Å². The van der Waals surface area contributed by atoms with Crippen LogP contribution >= 0.6 is 0 Å². The first-order chi connectivity index (χ1) is 14.2. The number of pyridine rings is 1. The second kappa shape index (κ2) is 8.98. The van der Waals surface area contributed by atoms with Gasteiger partial charge in [-0.3, -0.25) is 4.98 Å². The Bertz CT molecular complexity index is 996. The van der Waals surface area contributed by atoms with Crippen LogP contribution in [0.25, 0.3) is 11.3 Å². The maximum Gasteiger partial charge on any atom is 0.573 e. The van der Waals surface area contributed by atoms with Gasteiger partial charge < -0.3 is 15.4 Å². The highest BCUT2D eigenvalue weighted by molar-refractivity contribution is 5.68. The summed E-state index contributed by atoms with van der Waals surface area (Å²) in [5, 5.41) is 6.41. The number of alkyl halides is 3. The molecule has 0 unspecified atom stereocenters. The molecule has 0 spiro atoms. The third-order valence-corrected chi connectivity index (χ3v) is 4.37.